The van der Waals surface area contributed by atoms with E-state index in [0.717, 1.165) is 18.5 Å². The predicted molar refractivity (Wildman–Crippen MR) is 57.6 cm³/mol. The maximum atomic E-state index is 5.95. The molecule has 0 aromatic heterocycles. The summed E-state index contributed by atoms with van der Waals surface area (Å²) in [5, 5.41) is 3.55. The Morgan fingerprint density at radius 1 is 1.46 bits per heavy atom. The van der Waals surface area contributed by atoms with Crippen molar-refractivity contribution in [3.63, 3.8) is 0 Å². The van der Waals surface area contributed by atoms with Crippen LogP contribution in [-0.2, 0) is 0 Å². The molecular formula is C11H24N2. The lowest BCUT2D eigenvalue weighted by atomic mass is 10.1. The van der Waals surface area contributed by atoms with Crippen LogP contribution < -0.4 is 11.1 Å². The topological polar surface area (TPSA) is 38.0 Å². The van der Waals surface area contributed by atoms with E-state index in [0.29, 0.717) is 12.0 Å². The third kappa shape index (κ3) is 3.65. The Balaban J connectivity index is 2.02. The van der Waals surface area contributed by atoms with Gasteiger partial charge in [0, 0.05) is 18.6 Å². The summed E-state index contributed by atoms with van der Waals surface area (Å²) in [5.74, 6) is 1.54. The number of rotatable bonds is 6. The molecule has 0 amide bonds. The first-order valence-corrected chi connectivity index (χ1v) is 5.64. The zero-order valence-corrected chi connectivity index (χ0v) is 9.22. The van der Waals surface area contributed by atoms with Crippen LogP contribution in [0.3, 0.4) is 0 Å². The average molecular weight is 184 g/mol. The molecule has 0 saturated heterocycles. The number of nitrogens with one attached hydrogen (secondary N) is 1. The maximum absolute atomic E-state index is 5.95. The van der Waals surface area contributed by atoms with Crippen molar-refractivity contribution < 1.29 is 0 Å². The molecule has 1 rings (SSSR count). The van der Waals surface area contributed by atoms with E-state index >= 15 is 0 Å². The van der Waals surface area contributed by atoms with Gasteiger partial charge in [-0.1, -0.05) is 27.2 Å². The molecule has 0 spiro atoms. The van der Waals surface area contributed by atoms with E-state index < -0.39 is 0 Å². The molecule has 78 valence electrons. The van der Waals surface area contributed by atoms with Gasteiger partial charge in [0.25, 0.3) is 0 Å². The third-order valence-corrected chi connectivity index (χ3v) is 3.05. The van der Waals surface area contributed by atoms with Crippen molar-refractivity contribution in [3.8, 4) is 0 Å². The molecule has 3 atom stereocenters. The van der Waals surface area contributed by atoms with Crippen molar-refractivity contribution in [2.75, 3.05) is 6.54 Å². The van der Waals surface area contributed by atoms with Crippen molar-refractivity contribution in [3.05, 3.63) is 0 Å². The molecule has 13 heavy (non-hydrogen) atoms. The van der Waals surface area contributed by atoms with Crippen molar-refractivity contribution in [1.29, 1.82) is 0 Å². The van der Waals surface area contributed by atoms with Gasteiger partial charge in [0.05, 0.1) is 0 Å². The summed E-state index contributed by atoms with van der Waals surface area (Å²) < 4.78 is 0. The molecular weight excluding hydrogens is 160 g/mol. The lowest BCUT2D eigenvalue weighted by Gasteiger charge is -2.16. The average Bonchev–Trinajstić information content (AvgIpc) is 2.80. The van der Waals surface area contributed by atoms with Gasteiger partial charge >= 0.3 is 0 Å². The van der Waals surface area contributed by atoms with Gasteiger partial charge < -0.3 is 11.1 Å². The zero-order valence-electron chi connectivity index (χ0n) is 9.22. The van der Waals surface area contributed by atoms with Gasteiger partial charge in [-0.15, -0.1) is 0 Å². The van der Waals surface area contributed by atoms with E-state index in [1.165, 1.54) is 19.3 Å². The molecule has 1 aliphatic carbocycles. The van der Waals surface area contributed by atoms with Gasteiger partial charge in [-0.25, -0.2) is 0 Å². The van der Waals surface area contributed by atoms with Crippen LogP contribution in [-0.4, -0.2) is 18.6 Å². The summed E-state index contributed by atoms with van der Waals surface area (Å²) in [6.45, 7) is 7.61. The largest absolute Gasteiger partial charge is 0.326 e. The van der Waals surface area contributed by atoms with E-state index in [9.17, 15) is 0 Å². The van der Waals surface area contributed by atoms with E-state index in [1.54, 1.807) is 0 Å². The van der Waals surface area contributed by atoms with Crippen LogP contribution in [0, 0.1) is 11.8 Å². The Bertz CT molecular complexity index is 145. The quantitative estimate of drug-likeness (QED) is 0.660. The highest BCUT2D eigenvalue weighted by Crippen LogP contribution is 2.34. The molecule has 0 aliphatic heterocycles. The fraction of sp³-hybridized carbons (Fsp3) is 1.00. The van der Waals surface area contributed by atoms with E-state index in [1.807, 2.05) is 0 Å². The summed E-state index contributed by atoms with van der Waals surface area (Å²) in [6.07, 6.45) is 4.08. The van der Waals surface area contributed by atoms with E-state index in [2.05, 4.69) is 26.1 Å². The van der Waals surface area contributed by atoms with Gasteiger partial charge in [-0.05, 0) is 24.7 Å². The van der Waals surface area contributed by atoms with E-state index in [4.69, 9.17) is 5.73 Å². The zero-order chi connectivity index (χ0) is 9.84. The van der Waals surface area contributed by atoms with Crippen LogP contribution in [0.1, 0.15) is 40.0 Å². The number of hydrogen-bond acceptors (Lipinski definition) is 2. The molecule has 1 fully saturated rings. The summed E-state index contributed by atoms with van der Waals surface area (Å²) >= 11 is 0. The molecule has 0 bridgehead atoms. The minimum Gasteiger partial charge on any atom is -0.326 e. The van der Waals surface area contributed by atoms with Gasteiger partial charge in [0.1, 0.15) is 0 Å². The number of nitrogens with two attached hydrogens (primary N) is 1. The third-order valence-electron chi connectivity index (χ3n) is 3.05. The molecule has 0 heterocycles. The fourth-order valence-corrected chi connectivity index (χ4v) is 1.71. The summed E-state index contributed by atoms with van der Waals surface area (Å²) in [4.78, 5) is 0. The standard InChI is InChI=1S/C11H24N2/c1-4-5-9-6-11(9)13-7-10(12)8(2)3/h8-11,13H,4-7,12H2,1-3H3. The molecule has 2 heteroatoms. The lowest BCUT2D eigenvalue weighted by Crippen LogP contribution is -2.39. The maximum Gasteiger partial charge on any atom is 0.0188 e. The lowest BCUT2D eigenvalue weighted by molar-refractivity contribution is 0.449. The highest BCUT2D eigenvalue weighted by atomic mass is 15.0. The Labute approximate surface area is 82.3 Å². The molecule has 0 aromatic carbocycles. The molecule has 0 aromatic rings. The minimum atomic E-state index is 0.322. The summed E-state index contributed by atoms with van der Waals surface area (Å²) in [5.41, 5.74) is 5.95. The Morgan fingerprint density at radius 2 is 2.15 bits per heavy atom. The smallest absolute Gasteiger partial charge is 0.0188 e. The Kier molecular flexibility index (Phi) is 4.20. The highest BCUT2D eigenvalue weighted by Gasteiger charge is 2.35. The Morgan fingerprint density at radius 3 is 2.69 bits per heavy atom. The van der Waals surface area contributed by atoms with Crippen LogP contribution in [0.25, 0.3) is 0 Å². The van der Waals surface area contributed by atoms with Crippen molar-refractivity contribution in [2.45, 2.75) is 52.1 Å². The SMILES string of the molecule is CCCC1CC1NCC(N)C(C)C. The van der Waals surface area contributed by atoms with Crippen molar-refractivity contribution >= 4 is 0 Å². The molecule has 1 saturated carbocycles. The molecule has 2 nitrogen and oxygen atoms in total. The first kappa shape index (κ1) is 11.0. The second-order valence-corrected chi connectivity index (χ2v) is 4.71. The normalized spacial score (nSPS) is 29.3. The second-order valence-electron chi connectivity index (χ2n) is 4.71. The van der Waals surface area contributed by atoms with Crippen LogP contribution in [0.5, 0.6) is 0 Å². The second kappa shape index (κ2) is 4.97. The van der Waals surface area contributed by atoms with Crippen LogP contribution in [0.2, 0.25) is 0 Å². The van der Waals surface area contributed by atoms with Gasteiger partial charge in [-0.2, -0.15) is 0 Å². The number of hydrogen-bond donors (Lipinski definition) is 2. The van der Waals surface area contributed by atoms with Crippen molar-refractivity contribution in [1.82, 2.24) is 5.32 Å². The van der Waals surface area contributed by atoms with E-state index in [-0.39, 0.29) is 0 Å². The van der Waals surface area contributed by atoms with Gasteiger partial charge in [0.2, 0.25) is 0 Å². The first-order chi connectivity index (χ1) is 6.15. The van der Waals surface area contributed by atoms with Crippen molar-refractivity contribution in [2.24, 2.45) is 17.6 Å². The highest BCUT2D eigenvalue weighted by molar-refractivity contribution is 4.93. The molecule has 0 radical (unpaired) electrons. The molecule has 3 unspecified atom stereocenters. The fourth-order valence-electron chi connectivity index (χ4n) is 1.71. The molecule has 3 N–H and O–H groups in total. The first-order valence-electron chi connectivity index (χ1n) is 5.64. The summed E-state index contributed by atoms with van der Waals surface area (Å²) in [7, 11) is 0. The van der Waals surface area contributed by atoms with Crippen LogP contribution >= 0.6 is 0 Å². The Hall–Kier alpha value is -0.0800. The summed E-state index contributed by atoms with van der Waals surface area (Å²) in [6, 6.07) is 1.10. The van der Waals surface area contributed by atoms with Gasteiger partial charge in [-0.3, -0.25) is 0 Å². The predicted octanol–water partition coefficient (Wildman–Crippen LogP) is 1.75. The van der Waals surface area contributed by atoms with Crippen LogP contribution in [0.15, 0.2) is 0 Å². The van der Waals surface area contributed by atoms with Gasteiger partial charge in [0.15, 0.2) is 0 Å². The van der Waals surface area contributed by atoms with Crippen LogP contribution in [0.4, 0.5) is 0 Å². The minimum absolute atomic E-state index is 0.322. The monoisotopic (exact) mass is 184 g/mol. The molecule has 1 aliphatic rings.